The summed E-state index contributed by atoms with van der Waals surface area (Å²) in [7, 11) is 0. The Labute approximate surface area is 127 Å². The Morgan fingerprint density at radius 2 is 2.10 bits per heavy atom. The summed E-state index contributed by atoms with van der Waals surface area (Å²) < 4.78 is 0. The quantitative estimate of drug-likeness (QED) is 0.856. The molecule has 1 heterocycles. The summed E-state index contributed by atoms with van der Waals surface area (Å²) in [5.41, 5.74) is 0.295. The predicted octanol–water partition coefficient (Wildman–Crippen LogP) is 2.40. The molecule has 0 aliphatic heterocycles. The van der Waals surface area contributed by atoms with Crippen molar-refractivity contribution < 1.29 is 9.90 Å². The van der Waals surface area contributed by atoms with E-state index < -0.39 is 5.41 Å². The van der Waals surface area contributed by atoms with Gasteiger partial charge in [0.1, 0.15) is 6.61 Å². The number of nitrogens with one attached hydrogen (secondary N) is 1. The molecule has 2 N–H and O–H groups in total. The smallest absolute Gasteiger partial charge is 0.236 e. The van der Waals surface area contributed by atoms with Crippen LogP contribution in [0.15, 0.2) is 36.5 Å². The highest BCUT2D eigenvalue weighted by Gasteiger charge is 2.30. The topological polar surface area (TPSA) is 62.2 Å². The first-order valence-corrected chi connectivity index (χ1v) is 7.28. The molecule has 0 atom stereocenters. The fourth-order valence-electron chi connectivity index (χ4n) is 1.76. The zero-order chi connectivity index (χ0) is 15.3. The molecule has 0 saturated heterocycles. The molecule has 0 radical (unpaired) electrons. The van der Waals surface area contributed by atoms with Gasteiger partial charge < -0.3 is 10.4 Å². The van der Waals surface area contributed by atoms with E-state index in [1.165, 1.54) is 11.3 Å². The molecule has 2 aromatic rings. The minimum absolute atomic E-state index is 0.121. The molecule has 5 heteroatoms. The van der Waals surface area contributed by atoms with Crippen LogP contribution >= 0.6 is 11.3 Å². The lowest BCUT2D eigenvalue weighted by atomic mass is 9.84. The molecule has 1 aromatic carbocycles. The molecule has 0 aliphatic carbocycles. The second-order valence-electron chi connectivity index (χ2n) is 4.93. The number of benzene rings is 1. The first-order valence-electron chi connectivity index (χ1n) is 6.46. The highest BCUT2D eigenvalue weighted by Crippen LogP contribution is 2.26. The lowest BCUT2D eigenvalue weighted by Crippen LogP contribution is -2.34. The summed E-state index contributed by atoms with van der Waals surface area (Å²) in [6.07, 6.45) is 1.58. The van der Waals surface area contributed by atoms with E-state index >= 15 is 0 Å². The fourth-order valence-corrected chi connectivity index (χ4v) is 2.44. The summed E-state index contributed by atoms with van der Waals surface area (Å²) in [6, 6.07) is 9.61. The number of amides is 1. The van der Waals surface area contributed by atoms with E-state index in [4.69, 9.17) is 5.11 Å². The highest BCUT2D eigenvalue weighted by atomic mass is 32.1. The Kier molecular flexibility index (Phi) is 4.73. The van der Waals surface area contributed by atoms with E-state index in [-0.39, 0.29) is 12.5 Å². The standard InChI is InChI=1S/C16H16N2O2S/c1-16(2,12-7-4-3-5-8-12)14(20)18-15-17-11-13(21-15)9-6-10-19/h3-5,7-8,11,19H,10H2,1-2H3,(H,17,18,20). The monoisotopic (exact) mass is 300 g/mol. The van der Waals surface area contributed by atoms with Gasteiger partial charge in [-0.05, 0) is 19.4 Å². The van der Waals surface area contributed by atoms with E-state index in [1.807, 2.05) is 44.2 Å². The van der Waals surface area contributed by atoms with Crippen molar-refractivity contribution in [2.75, 3.05) is 11.9 Å². The molecule has 1 aromatic heterocycles. The van der Waals surface area contributed by atoms with Gasteiger partial charge >= 0.3 is 0 Å². The Hall–Kier alpha value is -2.16. The lowest BCUT2D eigenvalue weighted by Gasteiger charge is -2.23. The van der Waals surface area contributed by atoms with Gasteiger partial charge in [-0.2, -0.15) is 0 Å². The Morgan fingerprint density at radius 1 is 1.38 bits per heavy atom. The van der Waals surface area contributed by atoms with E-state index in [0.29, 0.717) is 10.0 Å². The third-order valence-corrected chi connectivity index (χ3v) is 3.91. The van der Waals surface area contributed by atoms with Crippen LogP contribution in [0.1, 0.15) is 24.3 Å². The molecule has 0 fully saturated rings. The summed E-state index contributed by atoms with van der Waals surface area (Å²) in [5.74, 6) is 5.19. The second kappa shape index (κ2) is 6.53. The molecular formula is C16H16N2O2S. The van der Waals surface area contributed by atoms with Crippen LogP contribution in [0.4, 0.5) is 5.13 Å². The van der Waals surface area contributed by atoms with Gasteiger partial charge in [0.05, 0.1) is 16.5 Å². The van der Waals surface area contributed by atoms with Gasteiger partial charge in [0.15, 0.2) is 5.13 Å². The van der Waals surface area contributed by atoms with Crippen LogP contribution < -0.4 is 5.32 Å². The molecule has 108 valence electrons. The van der Waals surface area contributed by atoms with Crippen LogP contribution in [0, 0.1) is 11.8 Å². The number of thiazole rings is 1. The van der Waals surface area contributed by atoms with Crippen LogP contribution in [0.3, 0.4) is 0 Å². The van der Waals surface area contributed by atoms with Crippen molar-refractivity contribution in [3.63, 3.8) is 0 Å². The van der Waals surface area contributed by atoms with Gasteiger partial charge in [0.2, 0.25) is 5.91 Å². The van der Waals surface area contributed by atoms with Gasteiger partial charge in [-0.3, -0.25) is 4.79 Å². The zero-order valence-electron chi connectivity index (χ0n) is 11.9. The number of aliphatic hydroxyl groups is 1. The van der Waals surface area contributed by atoms with Crippen LogP contribution in [0.5, 0.6) is 0 Å². The average molecular weight is 300 g/mol. The number of aromatic nitrogens is 1. The number of nitrogens with zero attached hydrogens (tertiary/aromatic N) is 1. The third kappa shape index (κ3) is 3.69. The summed E-state index contributed by atoms with van der Waals surface area (Å²) in [4.78, 5) is 17.3. The van der Waals surface area contributed by atoms with Crippen molar-refractivity contribution in [3.05, 3.63) is 47.0 Å². The van der Waals surface area contributed by atoms with Crippen molar-refractivity contribution in [1.29, 1.82) is 0 Å². The SMILES string of the molecule is CC(C)(C(=O)Nc1ncc(C#CCO)s1)c1ccccc1. The maximum Gasteiger partial charge on any atom is 0.236 e. The van der Waals surface area contributed by atoms with Crippen LogP contribution in [-0.4, -0.2) is 22.6 Å². The summed E-state index contributed by atoms with van der Waals surface area (Å²) >= 11 is 1.28. The number of carbonyl (C=O) groups is 1. The normalized spacial score (nSPS) is 10.6. The lowest BCUT2D eigenvalue weighted by molar-refractivity contribution is -0.120. The van der Waals surface area contributed by atoms with Crippen molar-refractivity contribution in [2.45, 2.75) is 19.3 Å². The number of hydrogen-bond donors (Lipinski definition) is 2. The zero-order valence-corrected chi connectivity index (χ0v) is 12.7. The minimum atomic E-state index is -0.649. The second-order valence-corrected chi connectivity index (χ2v) is 5.97. The molecule has 0 bridgehead atoms. The van der Waals surface area contributed by atoms with E-state index in [0.717, 1.165) is 5.56 Å². The predicted molar refractivity (Wildman–Crippen MR) is 84.2 cm³/mol. The largest absolute Gasteiger partial charge is 0.384 e. The van der Waals surface area contributed by atoms with Crippen molar-refractivity contribution in [3.8, 4) is 11.8 Å². The molecule has 21 heavy (non-hydrogen) atoms. The Bertz CT molecular complexity index is 681. The number of hydrogen-bond acceptors (Lipinski definition) is 4. The van der Waals surface area contributed by atoms with Gasteiger partial charge in [0, 0.05) is 0 Å². The van der Waals surface area contributed by atoms with Crippen molar-refractivity contribution in [1.82, 2.24) is 4.98 Å². The molecule has 1 amide bonds. The number of carbonyl (C=O) groups excluding carboxylic acids is 1. The van der Waals surface area contributed by atoms with E-state index in [1.54, 1.807) is 6.20 Å². The first-order chi connectivity index (χ1) is 10.0. The van der Waals surface area contributed by atoms with Gasteiger partial charge in [-0.15, -0.1) is 0 Å². The molecular weight excluding hydrogens is 284 g/mol. The van der Waals surface area contributed by atoms with E-state index in [2.05, 4.69) is 22.1 Å². The maximum atomic E-state index is 12.4. The third-order valence-electron chi connectivity index (χ3n) is 3.08. The molecule has 4 nitrogen and oxygen atoms in total. The fraction of sp³-hybridized carbons (Fsp3) is 0.250. The van der Waals surface area contributed by atoms with E-state index in [9.17, 15) is 4.79 Å². The molecule has 0 saturated carbocycles. The summed E-state index contributed by atoms with van der Waals surface area (Å²) in [6.45, 7) is 3.55. The maximum absolute atomic E-state index is 12.4. The molecule has 0 unspecified atom stereocenters. The van der Waals surface area contributed by atoms with Crippen LogP contribution in [0.2, 0.25) is 0 Å². The van der Waals surface area contributed by atoms with Gasteiger partial charge in [0.25, 0.3) is 0 Å². The minimum Gasteiger partial charge on any atom is -0.384 e. The number of rotatable bonds is 3. The van der Waals surface area contributed by atoms with Gasteiger partial charge in [-0.1, -0.05) is 53.5 Å². The molecule has 2 rings (SSSR count). The Morgan fingerprint density at radius 3 is 2.76 bits per heavy atom. The van der Waals surface area contributed by atoms with Crippen molar-refractivity contribution in [2.24, 2.45) is 0 Å². The van der Waals surface area contributed by atoms with Crippen LogP contribution in [0.25, 0.3) is 0 Å². The highest BCUT2D eigenvalue weighted by molar-refractivity contribution is 7.16. The van der Waals surface area contributed by atoms with Crippen molar-refractivity contribution >= 4 is 22.4 Å². The average Bonchev–Trinajstić information content (AvgIpc) is 2.93. The van der Waals surface area contributed by atoms with Crippen LogP contribution in [-0.2, 0) is 10.2 Å². The molecule has 0 aliphatic rings. The first kappa shape index (κ1) is 15.2. The number of anilines is 1. The number of aliphatic hydroxyl groups excluding tert-OH is 1. The summed E-state index contributed by atoms with van der Waals surface area (Å²) in [5, 5.41) is 12.0. The Balaban J connectivity index is 2.12. The molecule has 0 spiro atoms. The van der Waals surface area contributed by atoms with Gasteiger partial charge in [-0.25, -0.2) is 4.98 Å².